The zero-order valence-corrected chi connectivity index (χ0v) is 33.1. The first-order valence-electron chi connectivity index (χ1n) is 20.4. The highest BCUT2D eigenvalue weighted by atomic mass is 16.6. The molecular formula is C42H77NO7. The molecule has 0 radical (unpaired) electrons. The largest absolute Gasteiger partial charge is 0.544 e. The number of nitrogens with zero attached hydrogens (tertiary/aromatic N) is 1. The van der Waals surface area contributed by atoms with Crippen LogP contribution in [0.1, 0.15) is 174 Å². The number of carbonyl (C=O) groups excluding carboxylic acids is 3. The number of rotatable bonds is 36. The lowest BCUT2D eigenvalue weighted by molar-refractivity contribution is -0.889. The molecule has 2 unspecified atom stereocenters. The van der Waals surface area contributed by atoms with Crippen LogP contribution in [0, 0.1) is 0 Å². The lowest BCUT2D eigenvalue weighted by atomic mass is 10.1. The third-order valence-electron chi connectivity index (χ3n) is 9.06. The number of quaternary nitrogens is 1. The van der Waals surface area contributed by atoms with Crippen LogP contribution in [0.25, 0.3) is 0 Å². The minimum absolute atomic E-state index is 0.0386. The van der Waals surface area contributed by atoms with Crippen LogP contribution in [0.4, 0.5) is 0 Å². The topological polar surface area (TPSA) is 102 Å². The predicted molar refractivity (Wildman–Crippen MR) is 204 cm³/mol. The fraction of sp³-hybridized carbons (Fsp3) is 0.833. The van der Waals surface area contributed by atoms with Crippen LogP contribution in [0.2, 0.25) is 0 Å². The van der Waals surface area contributed by atoms with Crippen molar-refractivity contribution in [2.45, 2.75) is 187 Å². The highest BCUT2D eigenvalue weighted by Gasteiger charge is 2.25. The maximum Gasteiger partial charge on any atom is 0.306 e. The Morgan fingerprint density at radius 2 is 1.02 bits per heavy atom. The van der Waals surface area contributed by atoms with Crippen molar-refractivity contribution in [2.75, 3.05) is 41.0 Å². The zero-order valence-electron chi connectivity index (χ0n) is 33.1. The van der Waals surface area contributed by atoms with Gasteiger partial charge in [0.2, 0.25) is 0 Å². The molecule has 2 atom stereocenters. The molecule has 8 heteroatoms. The van der Waals surface area contributed by atoms with Crippen molar-refractivity contribution in [1.29, 1.82) is 0 Å². The molecule has 0 aliphatic heterocycles. The molecule has 0 amide bonds. The molecule has 50 heavy (non-hydrogen) atoms. The van der Waals surface area contributed by atoms with Crippen molar-refractivity contribution >= 4 is 17.9 Å². The van der Waals surface area contributed by atoms with Crippen molar-refractivity contribution < 1.29 is 38.2 Å². The van der Waals surface area contributed by atoms with E-state index in [1.54, 1.807) is 21.1 Å². The van der Waals surface area contributed by atoms with Crippen molar-refractivity contribution in [3.05, 3.63) is 24.3 Å². The highest BCUT2D eigenvalue weighted by Crippen LogP contribution is 2.13. The maximum atomic E-state index is 12.7. The van der Waals surface area contributed by atoms with Crippen molar-refractivity contribution in [3.8, 4) is 0 Å². The Bertz CT molecular complexity index is 880. The first kappa shape index (κ1) is 47.8. The average Bonchev–Trinajstić information content (AvgIpc) is 3.06. The van der Waals surface area contributed by atoms with E-state index in [2.05, 4.69) is 38.2 Å². The number of carbonyl (C=O) groups is 3. The minimum Gasteiger partial charge on any atom is -0.544 e. The molecule has 0 saturated carbocycles. The summed E-state index contributed by atoms with van der Waals surface area (Å²) in [5.74, 6) is -1.75. The van der Waals surface area contributed by atoms with Gasteiger partial charge in [0.15, 0.2) is 6.10 Å². The van der Waals surface area contributed by atoms with E-state index in [1.807, 2.05) is 0 Å². The number of aliphatic carboxylic acids is 1. The second-order valence-electron chi connectivity index (χ2n) is 14.9. The molecule has 0 bridgehead atoms. The zero-order chi connectivity index (χ0) is 37.1. The molecule has 292 valence electrons. The fourth-order valence-electron chi connectivity index (χ4n) is 5.81. The molecule has 0 aliphatic carbocycles. The minimum atomic E-state index is -1.13. The number of esters is 2. The van der Waals surface area contributed by atoms with Crippen LogP contribution in [0.3, 0.4) is 0 Å². The summed E-state index contributed by atoms with van der Waals surface area (Å²) >= 11 is 0. The molecule has 0 saturated heterocycles. The van der Waals surface area contributed by atoms with Crippen molar-refractivity contribution in [3.63, 3.8) is 0 Å². The van der Waals surface area contributed by atoms with E-state index < -0.39 is 18.1 Å². The summed E-state index contributed by atoms with van der Waals surface area (Å²) in [5, 5.41) is 11.6. The molecule has 0 aromatic heterocycles. The molecule has 0 aliphatic rings. The van der Waals surface area contributed by atoms with E-state index in [9.17, 15) is 19.5 Å². The monoisotopic (exact) mass is 708 g/mol. The van der Waals surface area contributed by atoms with Gasteiger partial charge in [-0.25, -0.2) is 0 Å². The Kier molecular flexibility index (Phi) is 32.4. The Labute approximate surface area is 307 Å². The van der Waals surface area contributed by atoms with Gasteiger partial charge in [-0.2, -0.15) is 0 Å². The first-order chi connectivity index (χ1) is 24.1. The van der Waals surface area contributed by atoms with E-state index >= 15 is 0 Å². The van der Waals surface area contributed by atoms with E-state index in [1.165, 1.54) is 89.9 Å². The Balaban J connectivity index is 4.39. The highest BCUT2D eigenvalue weighted by molar-refractivity contribution is 5.70. The summed E-state index contributed by atoms with van der Waals surface area (Å²) in [6.07, 6.45) is 34.8. The number of hydrogen-bond acceptors (Lipinski definition) is 7. The van der Waals surface area contributed by atoms with Crippen LogP contribution in [-0.4, -0.2) is 75.5 Å². The number of carboxylic acids is 1. The molecule has 0 rings (SSSR count). The normalized spacial score (nSPS) is 13.2. The molecule has 0 spiro atoms. The summed E-state index contributed by atoms with van der Waals surface area (Å²) < 4.78 is 17.1. The molecular weight excluding hydrogens is 630 g/mol. The third-order valence-corrected chi connectivity index (χ3v) is 9.06. The van der Waals surface area contributed by atoms with Crippen LogP contribution in [-0.2, 0) is 28.6 Å². The molecule has 0 aromatic rings. The van der Waals surface area contributed by atoms with Crippen LogP contribution in [0.5, 0.6) is 0 Å². The summed E-state index contributed by atoms with van der Waals surface area (Å²) in [6, 6.07) is -0.724. The van der Waals surface area contributed by atoms with Crippen molar-refractivity contribution in [1.82, 2.24) is 0 Å². The van der Waals surface area contributed by atoms with Gasteiger partial charge in [-0.05, 0) is 57.8 Å². The standard InChI is InChI=1S/C42H77NO7/c1-6-8-10-12-14-16-18-19-20-21-23-25-27-29-31-33-41(45)50-38(36-48-35-34-39(42(46)47)43(3,4)5)37-49-40(44)32-30-28-26-24-22-17-15-13-11-9-7-2/h13,15-16,18,38-39H,6-12,14,17,19-37H2,1-5H3/b15-13+,18-16+. The number of allylic oxidation sites excluding steroid dienone is 4. The van der Waals surface area contributed by atoms with Gasteiger partial charge in [0.05, 0.1) is 40.3 Å². The predicted octanol–water partition coefficient (Wildman–Crippen LogP) is 9.19. The Morgan fingerprint density at radius 3 is 1.50 bits per heavy atom. The number of hydrogen-bond donors (Lipinski definition) is 0. The van der Waals surface area contributed by atoms with Gasteiger partial charge in [0.1, 0.15) is 12.6 Å². The van der Waals surface area contributed by atoms with E-state index in [4.69, 9.17) is 14.2 Å². The van der Waals surface area contributed by atoms with Gasteiger partial charge in [-0.1, -0.05) is 122 Å². The van der Waals surface area contributed by atoms with Crippen LogP contribution < -0.4 is 5.11 Å². The quantitative estimate of drug-likeness (QED) is 0.0277. The average molecular weight is 708 g/mol. The van der Waals surface area contributed by atoms with E-state index in [0.717, 1.165) is 51.4 Å². The lowest BCUT2D eigenvalue weighted by Gasteiger charge is -2.34. The summed E-state index contributed by atoms with van der Waals surface area (Å²) in [5.41, 5.74) is 0. The summed E-state index contributed by atoms with van der Waals surface area (Å²) in [6.45, 7) is 4.59. The van der Waals surface area contributed by atoms with Crippen LogP contribution >= 0.6 is 0 Å². The van der Waals surface area contributed by atoms with Crippen LogP contribution in [0.15, 0.2) is 24.3 Å². The van der Waals surface area contributed by atoms with Gasteiger partial charge >= 0.3 is 11.9 Å². The third kappa shape index (κ3) is 31.8. The summed E-state index contributed by atoms with van der Waals surface area (Å²) in [7, 11) is 5.40. The van der Waals surface area contributed by atoms with Gasteiger partial charge in [-0.15, -0.1) is 0 Å². The molecule has 0 heterocycles. The number of unbranched alkanes of at least 4 members (excludes halogenated alkanes) is 18. The van der Waals surface area contributed by atoms with E-state index in [-0.39, 0.29) is 42.7 Å². The second-order valence-corrected chi connectivity index (χ2v) is 14.9. The number of likely N-dealkylation sites (N-methyl/N-ethyl adjacent to an activating group) is 1. The molecule has 0 N–H and O–H groups in total. The first-order valence-corrected chi connectivity index (χ1v) is 20.4. The smallest absolute Gasteiger partial charge is 0.306 e. The molecule has 8 nitrogen and oxygen atoms in total. The molecule has 0 aromatic carbocycles. The lowest BCUT2D eigenvalue weighted by Crippen LogP contribution is -2.55. The summed E-state index contributed by atoms with van der Waals surface area (Å²) in [4.78, 5) is 36.7. The Hall–Kier alpha value is -2.19. The fourth-order valence-corrected chi connectivity index (χ4v) is 5.81. The Morgan fingerprint density at radius 1 is 0.580 bits per heavy atom. The van der Waals surface area contributed by atoms with Gasteiger partial charge in [0, 0.05) is 19.3 Å². The van der Waals surface area contributed by atoms with Crippen molar-refractivity contribution in [2.24, 2.45) is 0 Å². The van der Waals surface area contributed by atoms with Gasteiger partial charge in [0.25, 0.3) is 0 Å². The molecule has 0 fully saturated rings. The number of carboxylic acid groups (broad SMARTS) is 1. The SMILES string of the molecule is CCCC/C=C/CCCCCCCC(=O)OCC(COCCC(C(=O)[O-])[N+](C)(C)C)OC(=O)CCCCCCCCC/C=C/CCCCCC. The van der Waals surface area contributed by atoms with E-state index in [0.29, 0.717) is 12.8 Å². The number of ether oxygens (including phenoxy) is 3. The van der Waals surface area contributed by atoms with Gasteiger partial charge < -0.3 is 28.6 Å². The van der Waals surface area contributed by atoms with Gasteiger partial charge in [-0.3, -0.25) is 9.59 Å². The second kappa shape index (κ2) is 33.9. The maximum absolute atomic E-state index is 12.7.